The highest BCUT2D eigenvalue weighted by Crippen LogP contribution is 2.28. The van der Waals surface area contributed by atoms with Crippen LogP contribution in [0.4, 0.5) is 0 Å². The van der Waals surface area contributed by atoms with Gasteiger partial charge in [0, 0.05) is 0 Å². The Bertz CT molecular complexity index is 825. The van der Waals surface area contributed by atoms with E-state index in [-0.39, 0.29) is 10.1 Å². The second kappa shape index (κ2) is 8.05. The summed E-state index contributed by atoms with van der Waals surface area (Å²) in [5.74, 6) is -2.64. The lowest BCUT2D eigenvalue weighted by molar-refractivity contribution is -0.115. The van der Waals surface area contributed by atoms with Gasteiger partial charge in [-0.05, 0) is 12.2 Å². The molecule has 2 aliphatic carbocycles. The Kier molecular flexibility index (Phi) is 6.65. The van der Waals surface area contributed by atoms with Crippen LogP contribution in [-0.2, 0) is 19.2 Å². The monoisotopic (exact) mass is 402 g/mol. The summed E-state index contributed by atoms with van der Waals surface area (Å²) in [6.07, 6.45) is 2.19. The number of rotatable bonds is 0. The fraction of sp³-hybridized carbons (Fsp3) is 0. The molecular weight excluding hydrogens is 402 g/mol. The molecule has 6 nitrogen and oxygen atoms in total. The zero-order chi connectivity index (χ0) is 18.6. The van der Waals surface area contributed by atoms with Crippen molar-refractivity contribution in [2.75, 3.05) is 0 Å². The molecule has 0 saturated carbocycles. The zero-order valence-corrected chi connectivity index (χ0v) is 14.2. The molecule has 0 radical (unpaired) electrons. The number of ketones is 4. The lowest BCUT2D eigenvalue weighted by Crippen LogP contribution is -2.18. The third-order valence-corrected chi connectivity index (χ3v) is 4.20. The molecule has 0 aliphatic heterocycles. The van der Waals surface area contributed by atoms with Crippen molar-refractivity contribution in [2.45, 2.75) is 0 Å². The highest BCUT2D eigenvalue weighted by atomic mass is 35.5. The van der Waals surface area contributed by atoms with E-state index in [0.717, 1.165) is 12.2 Å². The van der Waals surface area contributed by atoms with Gasteiger partial charge in [-0.3, -0.25) is 19.2 Å². The first-order valence-corrected chi connectivity index (χ1v) is 7.19. The van der Waals surface area contributed by atoms with Gasteiger partial charge < -0.3 is 0 Å². The van der Waals surface area contributed by atoms with Gasteiger partial charge in [0.05, 0.1) is 0 Å². The zero-order valence-electron chi connectivity index (χ0n) is 11.2. The molecule has 0 aromatic rings. The van der Waals surface area contributed by atoms with Crippen LogP contribution >= 0.6 is 46.4 Å². The number of hydrogen-bond donors (Lipinski definition) is 0. The average molecular weight is 404 g/mol. The van der Waals surface area contributed by atoms with E-state index in [9.17, 15) is 19.2 Å². The molecule has 0 atom stereocenters. The van der Waals surface area contributed by atoms with Crippen LogP contribution in [0, 0.1) is 22.7 Å². The summed E-state index contributed by atoms with van der Waals surface area (Å²) in [7, 11) is 0. The van der Waals surface area contributed by atoms with Gasteiger partial charge in [0.25, 0.3) is 0 Å². The maximum absolute atomic E-state index is 11.2. The smallest absolute Gasteiger partial charge is 0.218 e. The van der Waals surface area contributed by atoms with E-state index in [4.69, 9.17) is 56.9 Å². The SMILES string of the molecule is N#CC1=C(C#N)C(=O)C(Cl)=C(Cl)C1=O.O=C1C=CC(=O)C(Cl)=C1Cl. The molecule has 120 valence electrons. The number of nitriles is 2. The molecule has 0 N–H and O–H groups in total. The normalized spacial score (nSPS) is 17.6. The minimum absolute atomic E-state index is 0.200. The number of halogens is 4. The Balaban J connectivity index is 0.000000254. The number of allylic oxidation sites excluding steroid dienone is 8. The number of hydrogen-bond acceptors (Lipinski definition) is 6. The Morgan fingerprint density at radius 1 is 0.625 bits per heavy atom. The summed E-state index contributed by atoms with van der Waals surface area (Å²) < 4.78 is 0. The third kappa shape index (κ3) is 3.81. The Morgan fingerprint density at radius 3 is 1.17 bits per heavy atom. The van der Waals surface area contributed by atoms with E-state index >= 15 is 0 Å². The molecule has 0 fully saturated rings. The maximum Gasteiger partial charge on any atom is 0.218 e. The quantitative estimate of drug-likeness (QED) is 0.573. The summed E-state index contributed by atoms with van der Waals surface area (Å²) in [4.78, 5) is 43.7. The summed E-state index contributed by atoms with van der Waals surface area (Å²) in [6.45, 7) is 0. The lowest BCUT2D eigenvalue weighted by atomic mass is 9.96. The number of carbonyl (C=O) groups is 4. The van der Waals surface area contributed by atoms with Crippen molar-refractivity contribution in [3.8, 4) is 12.1 Å². The first-order valence-electron chi connectivity index (χ1n) is 5.68. The van der Waals surface area contributed by atoms with Gasteiger partial charge in [-0.25, -0.2) is 0 Å². The second-order valence-electron chi connectivity index (χ2n) is 3.95. The average Bonchev–Trinajstić information content (AvgIpc) is 2.58. The van der Waals surface area contributed by atoms with Crippen molar-refractivity contribution in [2.24, 2.45) is 0 Å². The molecule has 0 aromatic carbocycles. The largest absolute Gasteiger partial charge is 0.288 e. The van der Waals surface area contributed by atoms with Gasteiger partial charge in [0.1, 0.15) is 43.4 Å². The third-order valence-electron chi connectivity index (χ3n) is 2.53. The number of nitrogens with zero attached hydrogens (tertiary/aromatic N) is 2. The van der Waals surface area contributed by atoms with Crippen molar-refractivity contribution in [1.82, 2.24) is 0 Å². The van der Waals surface area contributed by atoms with Crippen LogP contribution in [0.5, 0.6) is 0 Å². The Labute approximate surface area is 154 Å². The molecule has 0 amide bonds. The molecule has 10 heteroatoms. The summed E-state index contributed by atoms with van der Waals surface area (Å²) >= 11 is 21.5. The van der Waals surface area contributed by atoms with E-state index < -0.39 is 44.3 Å². The lowest BCUT2D eigenvalue weighted by Gasteiger charge is -2.08. The van der Waals surface area contributed by atoms with E-state index in [1.165, 1.54) is 12.1 Å². The van der Waals surface area contributed by atoms with Crippen molar-refractivity contribution >= 4 is 69.5 Å². The van der Waals surface area contributed by atoms with Crippen LogP contribution < -0.4 is 0 Å². The molecule has 0 aromatic heterocycles. The predicted octanol–water partition coefficient (Wildman–Crippen LogP) is 2.55. The van der Waals surface area contributed by atoms with Crippen molar-refractivity contribution < 1.29 is 19.2 Å². The van der Waals surface area contributed by atoms with Crippen molar-refractivity contribution in [1.29, 1.82) is 10.5 Å². The van der Waals surface area contributed by atoms with Crippen LogP contribution in [0.2, 0.25) is 0 Å². The van der Waals surface area contributed by atoms with Gasteiger partial charge in [-0.1, -0.05) is 46.4 Å². The minimum Gasteiger partial charge on any atom is -0.288 e. The van der Waals surface area contributed by atoms with E-state index in [1.807, 2.05) is 0 Å². The number of Topliss-reactive ketones (excluding diaryl/α,β-unsaturated/α-hetero) is 2. The van der Waals surface area contributed by atoms with E-state index in [0.29, 0.717) is 0 Å². The summed E-state index contributed by atoms with van der Waals surface area (Å²) in [5.41, 5.74) is -1.13. The van der Waals surface area contributed by atoms with Crippen molar-refractivity contribution in [3.63, 3.8) is 0 Å². The first-order chi connectivity index (χ1) is 11.2. The molecule has 0 unspecified atom stereocenters. The van der Waals surface area contributed by atoms with Crippen LogP contribution in [0.3, 0.4) is 0 Å². The van der Waals surface area contributed by atoms with Crippen molar-refractivity contribution in [3.05, 3.63) is 43.4 Å². The van der Waals surface area contributed by atoms with Crippen LogP contribution in [0.25, 0.3) is 0 Å². The molecular formula is C14H2Cl4N2O4. The minimum atomic E-state index is -0.893. The summed E-state index contributed by atoms with van der Waals surface area (Å²) in [6, 6.07) is 2.89. The molecule has 24 heavy (non-hydrogen) atoms. The molecule has 0 saturated heterocycles. The standard InChI is InChI=1S/C8Cl2N2O2.C6H2Cl2O2/c9-5-6(10)8(14)4(2-12)3(1-11)7(5)13;7-5-3(9)1-2-4(10)6(5)8/h;1-2H. The van der Waals surface area contributed by atoms with Gasteiger partial charge in [0.15, 0.2) is 11.6 Å². The van der Waals surface area contributed by atoms with Gasteiger partial charge >= 0.3 is 0 Å². The topological polar surface area (TPSA) is 116 Å². The highest BCUT2D eigenvalue weighted by molar-refractivity contribution is 6.59. The van der Waals surface area contributed by atoms with Crippen LogP contribution in [-0.4, -0.2) is 23.1 Å². The van der Waals surface area contributed by atoms with Gasteiger partial charge in [0.2, 0.25) is 11.6 Å². The fourth-order valence-electron chi connectivity index (χ4n) is 1.37. The Morgan fingerprint density at radius 2 is 0.917 bits per heavy atom. The Hall–Kier alpha value is -2.22. The van der Waals surface area contributed by atoms with Crippen LogP contribution in [0.1, 0.15) is 0 Å². The summed E-state index contributed by atoms with van der Waals surface area (Å²) in [5, 5.41) is 15.6. The van der Waals surface area contributed by atoms with E-state index in [2.05, 4.69) is 0 Å². The maximum atomic E-state index is 11.2. The fourth-order valence-corrected chi connectivity index (χ4v) is 2.05. The molecule has 0 heterocycles. The first kappa shape index (κ1) is 19.8. The van der Waals surface area contributed by atoms with Crippen LogP contribution in [0.15, 0.2) is 43.4 Å². The van der Waals surface area contributed by atoms with Gasteiger partial charge in [-0.2, -0.15) is 10.5 Å². The molecule has 0 bridgehead atoms. The highest BCUT2D eigenvalue weighted by Gasteiger charge is 2.33. The second-order valence-corrected chi connectivity index (χ2v) is 5.46. The number of carbonyl (C=O) groups excluding carboxylic acids is 4. The molecule has 2 rings (SSSR count). The van der Waals surface area contributed by atoms with Gasteiger partial charge in [-0.15, -0.1) is 0 Å². The molecule has 0 spiro atoms. The van der Waals surface area contributed by atoms with E-state index in [1.54, 1.807) is 0 Å². The molecule has 2 aliphatic rings. The predicted molar refractivity (Wildman–Crippen MR) is 84.9 cm³/mol.